The first-order chi connectivity index (χ1) is 20.8. The van der Waals surface area contributed by atoms with Crippen molar-refractivity contribution in [2.75, 3.05) is 18.8 Å². The van der Waals surface area contributed by atoms with Crippen LogP contribution < -0.4 is 5.14 Å². The molecule has 1 aliphatic rings. The molecule has 6 aromatic rings. The van der Waals surface area contributed by atoms with Gasteiger partial charge in [-0.15, -0.1) is 0 Å². The van der Waals surface area contributed by atoms with Gasteiger partial charge in [-0.25, -0.2) is 27.9 Å². The van der Waals surface area contributed by atoms with Crippen LogP contribution >= 0.6 is 0 Å². The number of H-pyrrole nitrogens is 2. The number of hydrogen-bond donors (Lipinski definition) is 3. The molecule has 0 aliphatic carbocycles. The van der Waals surface area contributed by atoms with E-state index < -0.39 is 15.8 Å². The molecule has 0 saturated carbocycles. The molecular weight excluding hydrogens is 567 g/mol. The molecule has 4 N–H and O–H groups in total. The summed E-state index contributed by atoms with van der Waals surface area (Å²) in [4.78, 5) is 19.4. The van der Waals surface area contributed by atoms with Gasteiger partial charge in [0.15, 0.2) is 5.65 Å². The van der Waals surface area contributed by atoms with Crippen LogP contribution in [0.4, 0.5) is 4.39 Å². The molecule has 0 amide bonds. The number of pyridine rings is 3. The number of likely N-dealkylation sites (tertiary alicyclic amines) is 1. The first-order valence-corrected chi connectivity index (χ1v) is 15.8. The zero-order valence-electron chi connectivity index (χ0n) is 23.2. The van der Waals surface area contributed by atoms with Crippen molar-refractivity contribution in [2.24, 2.45) is 5.14 Å². The minimum atomic E-state index is -3.67. The van der Waals surface area contributed by atoms with E-state index in [9.17, 15) is 12.8 Å². The molecule has 5 aromatic heterocycles. The van der Waals surface area contributed by atoms with Crippen molar-refractivity contribution in [3.63, 3.8) is 0 Å². The Labute approximate surface area is 247 Å². The lowest BCUT2D eigenvalue weighted by Gasteiger charge is -2.14. The van der Waals surface area contributed by atoms with Gasteiger partial charge in [0, 0.05) is 53.2 Å². The average molecular weight is 597 g/mol. The van der Waals surface area contributed by atoms with Gasteiger partial charge in [-0.2, -0.15) is 5.10 Å². The molecule has 0 atom stereocenters. The van der Waals surface area contributed by atoms with E-state index in [0.29, 0.717) is 22.4 Å². The second kappa shape index (κ2) is 11.0. The smallest absolute Gasteiger partial charge is 0.209 e. The van der Waals surface area contributed by atoms with E-state index in [-0.39, 0.29) is 12.2 Å². The normalized spacial score (nSPS) is 14.3. The summed E-state index contributed by atoms with van der Waals surface area (Å²) < 4.78 is 37.5. The third-order valence-electron chi connectivity index (χ3n) is 7.89. The average Bonchev–Trinajstić information content (AvgIpc) is 3.75. The summed E-state index contributed by atoms with van der Waals surface area (Å²) >= 11 is 0. The van der Waals surface area contributed by atoms with Crippen LogP contribution in [0.1, 0.15) is 24.0 Å². The Kier molecular flexibility index (Phi) is 6.96. The quantitative estimate of drug-likeness (QED) is 0.229. The third-order valence-corrected chi connectivity index (χ3v) is 8.66. The number of primary sulfonamides is 1. The number of nitrogens with zero attached hydrogens (tertiary/aromatic N) is 5. The van der Waals surface area contributed by atoms with E-state index in [0.717, 1.165) is 58.5 Å². The van der Waals surface area contributed by atoms with Gasteiger partial charge in [0.05, 0.1) is 17.1 Å². The van der Waals surface area contributed by atoms with Gasteiger partial charge < -0.3 is 4.98 Å². The highest BCUT2D eigenvalue weighted by atomic mass is 32.2. The molecular formula is C31H29FN8O2S. The van der Waals surface area contributed by atoms with Crippen molar-refractivity contribution >= 4 is 32.1 Å². The molecule has 1 aliphatic heterocycles. The van der Waals surface area contributed by atoms with Crippen LogP contribution in [0, 0.1) is 5.82 Å². The Hall–Kier alpha value is -4.52. The molecule has 0 unspecified atom stereocenters. The SMILES string of the molecule is NS(=O)(=O)CCc1cc(F)cc(-c2ccnc3[nH]c(-c4[nH]nc5ncc(-c6cncc(CN7CCCC7)c6)cc45)cc23)c1. The second-order valence-corrected chi connectivity index (χ2v) is 12.8. The summed E-state index contributed by atoms with van der Waals surface area (Å²) in [6.07, 6.45) is 9.84. The number of aromatic nitrogens is 6. The molecule has 0 radical (unpaired) electrons. The van der Waals surface area contributed by atoms with Crippen LogP contribution in [0.2, 0.25) is 0 Å². The number of nitrogens with one attached hydrogen (secondary N) is 2. The van der Waals surface area contributed by atoms with Gasteiger partial charge in [-0.05, 0) is 91.0 Å². The minimum Gasteiger partial charge on any atom is -0.338 e. The number of halogens is 1. The molecule has 10 nitrogen and oxygen atoms in total. The van der Waals surface area contributed by atoms with Crippen molar-refractivity contribution in [1.82, 2.24) is 35.0 Å². The van der Waals surface area contributed by atoms with Crippen LogP contribution in [0.3, 0.4) is 0 Å². The number of fused-ring (bicyclic) bond motifs is 2. The van der Waals surface area contributed by atoms with E-state index in [4.69, 9.17) is 5.14 Å². The van der Waals surface area contributed by atoms with E-state index in [1.54, 1.807) is 12.3 Å². The molecule has 1 aromatic carbocycles. The molecule has 7 rings (SSSR count). The predicted octanol–water partition coefficient (Wildman–Crippen LogP) is 4.80. The number of rotatable bonds is 8. The summed E-state index contributed by atoms with van der Waals surface area (Å²) in [5.74, 6) is -0.725. The highest BCUT2D eigenvalue weighted by Crippen LogP contribution is 2.35. The summed E-state index contributed by atoms with van der Waals surface area (Å²) in [5, 5.41) is 14.3. The van der Waals surface area contributed by atoms with Crippen LogP contribution in [0.15, 0.2) is 67.3 Å². The summed E-state index contributed by atoms with van der Waals surface area (Å²) in [7, 11) is -3.67. The standard InChI is InChI=1S/C31H29FN8O2S/c32-24-11-19(4-8-43(33,41)42)9-21(12-24)25-3-5-35-30-26(25)14-28(37-30)29-27-13-23(17-36-31(27)39-38-29)22-10-20(15-34-16-22)18-40-6-1-2-7-40/h3,5,9-17H,1-2,4,6-8,18H2,(H,35,37)(H2,33,41,42)(H,36,38,39). The Morgan fingerprint density at radius 1 is 0.907 bits per heavy atom. The molecule has 218 valence electrons. The van der Waals surface area contributed by atoms with Crippen LogP contribution in [-0.2, 0) is 23.0 Å². The topological polar surface area (TPSA) is 147 Å². The molecule has 0 bridgehead atoms. The van der Waals surface area contributed by atoms with Gasteiger partial charge in [-0.3, -0.25) is 15.0 Å². The lowest BCUT2D eigenvalue weighted by Crippen LogP contribution is -2.18. The van der Waals surface area contributed by atoms with Crippen molar-refractivity contribution in [2.45, 2.75) is 25.8 Å². The monoisotopic (exact) mass is 596 g/mol. The predicted molar refractivity (Wildman–Crippen MR) is 164 cm³/mol. The van der Waals surface area contributed by atoms with Crippen molar-refractivity contribution in [1.29, 1.82) is 0 Å². The fraction of sp³-hybridized carbons (Fsp3) is 0.226. The Bertz CT molecular complexity index is 2080. The zero-order chi connectivity index (χ0) is 29.6. The number of sulfonamides is 1. The maximum absolute atomic E-state index is 14.6. The lowest BCUT2D eigenvalue weighted by molar-refractivity contribution is 0.331. The van der Waals surface area contributed by atoms with Gasteiger partial charge in [-0.1, -0.05) is 6.07 Å². The summed E-state index contributed by atoms with van der Waals surface area (Å²) in [5.41, 5.74) is 7.72. The van der Waals surface area contributed by atoms with Crippen LogP contribution in [-0.4, -0.2) is 62.3 Å². The number of benzene rings is 1. The molecule has 43 heavy (non-hydrogen) atoms. The number of aryl methyl sites for hydroxylation is 1. The minimum absolute atomic E-state index is 0.113. The number of aromatic amines is 2. The van der Waals surface area contributed by atoms with Crippen LogP contribution in [0.5, 0.6) is 0 Å². The van der Waals surface area contributed by atoms with E-state index in [1.807, 2.05) is 30.7 Å². The first kappa shape index (κ1) is 27.3. The summed E-state index contributed by atoms with van der Waals surface area (Å²) in [6.45, 7) is 3.13. The largest absolute Gasteiger partial charge is 0.338 e. The lowest BCUT2D eigenvalue weighted by atomic mass is 10.00. The van der Waals surface area contributed by atoms with Crippen molar-refractivity contribution in [3.05, 3.63) is 84.2 Å². The van der Waals surface area contributed by atoms with E-state index in [2.05, 4.69) is 47.2 Å². The Balaban J connectivity index is 1.24. The van der Waals surface area contributed by atoms with Gasteiger partial charge in [0.1, 0.15) is 11.5 Å². The molecule has 1 fully saturated rings. The van der Waals surface area contributed by atoms with Gasteiger partial charge >= 0.3 is 0 Å². The Morgan fingerprint density at radius 3 is 2.56 bits per heavy atom. The van der Waals surface area contributed by atoms with Crippen molar-refractivity contribution < 1.29 is 12.8 Å². The zero-order valence-corrected chi connectivity index (χ0v) is 24.0. The Morgan fingerprint density at radius 2 is 1.72 bits per heavy atom. The van der Waals surface area contributed by atoms with Gasteiger partial charge in [0.2, 0.25) is 10.0 Å². The molecule has 12 heteroatoms. The summed E-state index contributed by atoms with van der Waals surface area (Å²) in [6, 6.07) is 12.5. The highest BCUT2D eigenvalue weighted by Gasteiger charge is 2.17. The van der Waals surface area contributed by atoms with E-state index in [1.165, 1.54) is 30.5 Å². The van der Waals surface area contributed by atoms with Crippen LogP contribution in [0.25, 0.3) is 55.7 Å². The van der Waals surface area contributed by atoms with Crippen molar-refractivity contribution in [3.8, 4) is 33.6 Å². The highest BCUT2D eigenvalue weighted by molar-refractivity contribution is 7.89. The number of nitrogens with two attached hydrogens (primary N) is 1. The maximum Gasteiger partial charge on any atom is 0.209 e. The molecule has 1 saturated heterocycles. The second-order valence-electron chi connectivity index (χ2n) is 11.0. The fourth-order valence-electron chi connectivity index (χ4n) is 5.82. The third kappa shape index (κ3) is 5.76. The number of hydrogen-bond acceptors (Lipinski definition) is 7. The molecule has 6 heterocycles. The maximum atomic E-state index is 14.6. The fourth-order valence-corrected chi connectivity index (χ4v) is 6.34. The van der Waals surface area contributed by atoms with E-state index >= 15 is 0 Å². The molecule has 0 spiro atoms. The first-order valence-electron chi connectivity index (χ1n) is 14.1. The van der Waals surface area contributed by atoms with Gasteiger partial charge in [0.25, 0.3) is 0 Å².